The van der Waals surface area contributed by atoms with E-state index in [1.54, 1.807) is 25.1 Å². The Balaban J connectivity index is 2.49. The maximum Gasteiger partial charge on any atom is 0.275 e. The topological polar surface area (TPSA) is 55.6 Å². The van der Waals surface area contributed by atoms with Gasteiger partial charge in [-0.3, -0.25) is 4.79 Å². The second kappa shape index (κ2) is 3.51. The molecule has 1 aliphatic heterocycles. The minimum Gasteiger partial charge on any atom is -0.486 e. The fraction of sp³-hybridized carbons (Fsp3) is 0.300. The summed E-state index contributed by atoms with van der Waals surface area (Å²) in [7, 11) is 0. The molecular weight excluding hydrogens is 199 g/mol. The van der Waals surface area contributed by atoms with Crippen molar-refractivity contribution in [3.05, 3.63) is 24.3 Å². The van der Waals surface area contributed by atoms with Crippen LogP contribution in [-0.2, 0) is 4.79 Å². The Hall–Kier alpha value is -1.62. The highest BCUT2D eigenvalue weighted by molar-refractivity contribution is 5.97. The molecule has 0 aliphatic carbocycles. The number of fused-ring (bicyclic) bond motifs is 1. The first kappa shape index (κ1) is 9.92. The first-order valence-electron chi connectivity index (χ1n) is 4.62. The molecule has 2 atom stereocenters. The summed E-state index contributed by atoms with van der Waals surface area (Å²) in [6.45, 7) is 1.64. The average Bonchev–Trinajstić information content (AvgIpc) is 2.32. The van der Waals surface area contributed by atoms with E-state index in [0.29, 0.717) is 5.75 Å². The lowest BCUT2D eigenvalue weighted by atomic mass is 10.2. The zero-order chi connectivity index (χ0) is 11.0. The van der Waals surface area contributed by atoms with Gasteiger partial charge in [0, 0.05) is 0 Å². The second-order valence-electron chi connectivity index (χ2n) is 3.44. The van der Waals surface area contributed by atoms with Crippen molar-refractivity contribution in [3.8, 4) is 5.75 Å². The van der Waals surface area contributed by atoms with Gasteiger partial charge in [0.25, 0.3) is 5.91 Å². The molecule has 1 aliphatic rings. The van der Waals surface area contributed by atoms with Gasteiger partial charge in [0.05, 0.1) is 0 Å². The number of anilines is 1. The van der Waals surface area contributed by atoms with E-state index in [-0.39, 0.29) is 10.8 Å². The van der Waals surface area contributed by atoms with Gasteiger partial charge in [-0.05, 0) is 19.1 Å². The van der Waals surface area contributed by atoms with Crippen LogP contribution in [0.4, 0.5) is 10.2 Å². The minimum atomic E-state index is -0.984. The van der Waals surface area contributed by atoms with Gasteiger partial charge in [-0.25, -0.2) is 0 Å². The van der Waals surface area contributed by atoms with E-state index in [4.69, 9.17) is 10.5 Å². The molecule has 5 heteroatoms. The van der Waals surface area contributed by atoms with Crippen LogP contribution in [0.15, 0.2) is 24.3 Å². The fourth-order valence-corrected chi connectivity index (χ4v) is 1.44. The minimum absolute atomic E-state index is 0.0451. The predicted molar refractivity (Wildman–Crippen MR) is 53.1 cm³/mol. The Morgan fingerprint density at radius 2 is 2.13 bits per heavy atom. The molecule has 1 aromatic rings. The number of hydrogen-bond acceptors (Lipinski definition) is 3. The molecule has 0 bridgehead atoms. The molecule has 15 heavy (non-hydrogen) atoms. The van der Waals surface area contributed by atoms with Crippen LogP contribution >= 0.6 is 0 Å². The van der Waals surface area contributed by atoms with Crippen LogP contribution in [0.2, 0.25) is 0 Å². The van der Waals surface area contributed by atoms with Gasteiger partial charge in [-0.1, -0.05) is 16.6 Å². The molecule has 80 valence electrons. The lowest BCUT2D eigenvalue weighted by Gasteiger charge is -2.15. The summed E-state index contributed by atoms with van der Waals surface area (Å²) < 4.78 is 19.0. The summed E-state index contributed by atoms with van der Waals surface area (Å²) >= 11 is 0. The molecule has 4 nitrogen and oxygen atoms in total. The summed E-state index contributed by atoms with van der Waals surface area (Å²) in [6, 6.07) is 5.42. The van der Waals surface area contributed by atoms with Crippen LogP contribution in [0, 0.1) is 0 Å². The zero-order valence-corrected chi connectivity index (χ0v) is 8.18. The van der Waals surface area contributed by atoms with Crippen LogP contribution in [-0.4, -0.2) is 18.1 Å². The average molecular weight is 210 g/mol. The van der Waals surface area contributed by atoms with Gasteiger partial charge in [0.2, 0.25) is 0 Å². The highest BCUT2D eigenvalue weighted by Crippen LogP contribution is 2.32. The number of nitrogens with zero attached hydrogens (tertiary/aromatic N) is 1. The van der Waals surface area contributed by atoms with E-state index in [0.717, 1.165) is 0 Å². The van der Waals surface area contributed by atoms with Gasteiger partial charge >= 0.3 is 0 Å². The molecule has 0 fully saturated rings. The van der Waals surface area contributed by atoms with E-state index in [1.807, 2.05) is 0 Å². The molecule has 2 N–H and O–H groups in total. The molecule has 0 spiro atoms. The van der Waals surface area contributed by atoms with Crippen LogP contribution in [0.5, 0.6) is 5.75 Å². The van der Waals surface area contributed by atoms with E-state index < -0.39 is 18.1 Å². The number of hydrogen-bond donors (Lipinski definition) is 1. The molecule has 0 saturated heterocycles. The Kier molecular flexibility index (Phi) is 2.32. The Bertz CT molecular complexity index is 397. The lowest BCUT2D eigenvalue weighted by molar-refractivity contribution is -0.123. The van der Waals surface area contributed by atoms with Crippen molar-refractivity contribution in [2.75, 3.05) is 5.12 Å². The standard InChI is InChI=1S/C10H11FN2O2/c1-6-9(12)10(14)13(11)7-4-2-3-5-8(7)15-6/h2-6,9H,12H2,1H3/t6-,9+/m1/s1. The van der Waals surface area contributed by atoms with Crippen LogP contribution in [0.25, 0.3) is 0 Å². The smallest absolute Gasteiger partial charge is 0.275 e. The van der Waals surface area contributed by atoms with Crippen molar-refractivity contribution in [2.45, 2.75) is 19.1 Å². The van der Waals surface area contributed by atoms with Gasteiger partial charge in [-0.2, -0.15) is 0 Å². The number of halogens is 1. The van der Waals surface area contributed by atoms with Crippen molar-refractivity contribution in [2.24, 2.45) is 5.73 Å². The van der Waals surface area contributed by atoms with Crippen molar-refractivity contribution >= 4 is 11.6 Å². The second-order valence-corrected chi connectivity index (χ2v) is 3.44. The normalized spacial score (nSPS) is 25.5. The summed E-state index contributed by atoms with van der Waals surface area (Å²) in [5.74, 6) is -0.457. The third-order valence-electron chi connectivity index (χ3n) is 2.37. The number of carbonyl (C=O) groups excluding carboxylic acids is 1. The molecule has 0 saturated carbocycles. The number of benzene rings is 1. The van der Waals surface area contributed by atoms with E-state index >= 15 is 0 Å². The highest BCUT2D eigenvalue weighted by atomic mass is 19.2. The lowest BCUT2D eigenvalue weighted by Crippen LogP contribution is -2.46. The van der Waals surface area contributed by atoms with Crippen molar-refractivity contribution in [1.29, 1.82) is 0 Å². The Labute approximate surface area is 86.4 Å². The fourth-order valence-electron chi connectivity index (χ4n) is 1.44. The van der Waals surface area contributed by atoms with Crippen molar-refractivity contribution in [3.63, 3.8) is 0 Å². The first-order valence-corrected chi connectivity index (χ1v) is 4.62. The van der Waals surface area contributed by atoms with E-state index in [1.165, 1.54) is 6.07 Å². The molecule has 0 aromatic heterocycles. The highest BCUT2D eigenvalue weighted by Gasteiger charge is 2.33. The number of ether oxygens (including phenoxy) is 1. The van der Waals surface area contributed by atoms with Crippen LogP contribution < -0.4 is 15.6 Å². The first-order chi connectivity index (χ1) is 7.11. The number of rotatable bonds is 0. The predicted octanol–water partition coefficient (Wildman–Crippen LogP) is 1.01. The van der Waals surface area contributed by atoms with Crippen molar-refractivity contribution < 1.29 is 14.0 Å². The van der Waals surface area contributed by atoms with Crippen molar-refractivity contribution in [1.82, 2.24) is 0 Å². The van der Waals surface area contributed by atoms with Gasteiger partial charge in [0.1, 0.15) is 23.6 Å². The number of nitrogens with two attached hydrogens (primary N) is 1. The number of para-hydroxylation sites is 2. The molecule has 2 rings (SSSR count). The molecule has 1 amide bonds. The molecular formula is C10H11FN2O2. The van der Waals surface area contributed by atoms with Crippen LogP contribution in [0.3, 0.4) is 0 Å². The third-order valence-corrected chi connectivity index (χ3v) is 2.37. The number of carbonyl (C=O) groups is 1. The van der Waals surface area contributed by atoms with Gasteiger partial charge < -0.3 is 10.5 Å². The summed E-state index contributed by atoms with van der Waals surface area (Å²) in [5.41, 5.74) is 5.63. The maximum absolute atomic E-state index is 13.6. The Morgan fingerprint density at radius 1 is 1.47 bits per heavy atom. The molecule has 1 heterocycles. The molecule has 0 radical (unpaired) electrons. The van der Waals surface area contributed by atoms with Gasteiger partial charge in [-0.15, -0.1) is 5.12 Å². The van der Waals surface area contributed by atoms with Crippen LogP contribution in [0.1, 0.15) is 6.92 Å². The van der Waals surface area contributed by atoms with Gasteiger partial charge in [0.15, 0.2) is 0 Å². The van der Waals surface area contributed by atoms with E-state index in [2.05, 4.69) is 0 Å². The largest absolute Gasteiger partial charge is 0.486 e. The summed E-state index contributed by atoms with van der Waals surface area (Å²) in [4.78, 5) is 11.5. The zero-order valence-electron chi connectivity index (χ0n) is 8.18. The monoisotopic (exact) mass is 210 g/mol. The SMILES string of the molecule is C[C@H]1Oc2ccccc2N(F)C(=O)[C@H]1N. The summed E-state index contributed by atoms with van der Waals surface area (Å²) in [5, 5.41) is 0.0451. The third kappa shape index (κ3) is 1.55. The molecule has 0 unspecified atom stereocenters. The summed E-state index contributed by atoms with van der Waals surface area (Å²) in [6.07, 6.45) is -0.542. The van der Waals surface area contributed by atoms with E-state index in [9.17, 15) is 9.28 Å². The number of amides is 1. The Morgan fingerprint density at radius 3 is 2.87 bits per heavy atom. The quantitative estimate of drug-likeness (QED) is 0.650. The maximum atomic E-state index is 13.6. The molecule has 1 aromatic carbocycles.